The lowest BCUT2D eigenvalue weighted by atomic mass is 10.0. The van der Waals surface area contributed by atoms with Gasteiger partial charge in [0.25, 0.3) is 5.91 Å². The zero-order chi connectivity index (χ0) is 47.9. The van der Waals surface area contributed by atoms with E-state index in [0.717, 1.165) is 17.5 Å². The molecule has 2 aromatic carbocycles. The second-order valence-corrected chi connectivity index (χ2v) is 30.5. The Bertz CT molecular complexity index is 3230. The molecule has 6 aromatic heterocycles. The van der Waals surface area contributed by atoms with Crippen LogP contribution >= 0.6 is 0 Å². The molecular weight excluding hydrogens is 893 g/mol. The Labute approximate surface area is 387 Å². The van der Waals surface area contributed by atoms with Crippen LogP contribution in [-0.4, -0.2) is 113 Å². The molecule has 1 aliphatic heterocycles. The summed E-state index contributed by atoms with van der Waals surface area (Å²) in [6.07, 6.45) is 12.0. The lowest BCUT2D eigenvalue weighted by Crippen LogP contribution is -2.49. The molecule has 20 heteroatoms. The summed E-state index contributed by atoms with van der Waals surface area (Å²) in [6.45, 7) is 16.5. The average Bonchev–Trinajstić information content (AvgIpc) is 4.00. The molecule has 0 unspecified atom stereocenters. The highest BCUT2D eigenvalue weighted by Crippen LogP contribution is 2.32. The summed E-state index contributed by atoms with van der Waals surface area (Å²) in [5.41, 5.74) is 5.53. The van der Waals surface area contributed by atoms with Crippen LogP contribution in [0.15, 0.2) is 61.2 Å². The number of carboxylic acid groups (broad SMARTS) is 1. The number of likely N-dealkylation sites (tertiary alicyclic amines) is 1. The number of carbonyl (C=O) groups excluding carboxylic acids is 1. The van der Waals surface area contributed by atoms with Crippen LogP contribution in [0.4, 0.5) is 8.78 Å². The fraction of sp³-hybridized carbons (Fsp3) is 0.362. The summed E-state index contributed by atoms with van der Waals surface area (Å²) in [5, 5.41) is 20.1. The van der Waals surface area contributed by atoms with Crippen molar-refractivity contribution < 1.29 is 33.0 Å². The number of terminal acetylenes is 1. The second-order valence-electron chi connectivity index (χ2n) is 19.2. The van der Waals surface area contributed by atoms with Gasteiger partial charge in [0, 0.05) is 79.7 Å². The normalized spacial score (nSPS) is 13.4. The summed E-state index contributed by atoms with van der Waals surface area (Å²) < 4.78 is 45.8. The van der Waals surface area contributed by atoms with E-state index in [9.17, 15) is 23.5 Å². The summed E-state index contributed by atoms with van der Waals surface area (Å²) in [7, 11) is 1.03. The predicted octanol–water partition coefficient (Wildman–Crippen LogP) is 8.28. The van der Waals surface area contributed by atoms with Crippen molar-refractivity contribution in [2.24, 2.45) is 20.0 Å². The number of halogens is 2. The van der Waals surface area contributed by atoms with Gasteiger partial charge in [0.05, 0.1) is 34.9 Å². The van der Waals surface area contributed by atoms with E-state index in [0.29, 0.717) is 87.9 Å². The molecule has 7 heterocycles. The number of aromatic carboxylic acids is 1. The number of hydrogen-bond donors (Lipinski definition) is 1. The van der Waals surface area contributed by atoms with Crippen molar-refractivity contribution in [1.82, 2.24) is 53.5 Å². The molecule has 67 heavy (non-hydrogen) atoms. The molecule has 16 nitrogen and oxygen atoms in total. The topological polar surface area (TPSA) is 173 Å². The third-order valence-electron chi connectivity index (χ3n) is 11.6. The van der Waals surface area contributed by atoms with Gasteiger partial charge in [0.1, 0.15) is 64.5 Å². The number of benzene rings is 2. The monoisotopic (exact) mass is 945 g/mol. The number of carbonyl (C=O) groups is 2. The second kappa shape index (κ2) is 18.5. The highest BCUT2D eigenvalue weighted by molar-refractivity contribution is 6.76. The zero-order valence-corrected chi connectivity index (χ0v) is 40.8. The number of ether oxygens (including phenoxy) is 2. The van der Waals surface area contributed by atoms with E-state index in [1.54, 1.807) is 63.6 Å². The molecular formula is C47H53F2N11O5Si2. The Morgan fingerprint density at radius 1 is 0.746 bits per heavy atom. The first-order valence-electron chi connectivity index (χ1n) is 21.9. The molecule has 1 amide bonds. The van der Waals surface area contributed by atoms with Crippen molar-refractivity contribution in [3.63, 3.8) is 0 Å². The Morgan fingerprint density at radius 3 is 1.63 bits per heavy atom. The van der Waals surface area contributed by atoms with Gasteiger partial charge in [-0.2, -0.15) is 10.2 Å². The van der Waals surface area contributed by atoms with Crippen LogP contribution in [0.1, 0.15) is 20.7 Å². The Hall–Kier alpha value is -6.67. The number of aryl methyl sites for hydroxylation is 2. The van der Waals surface area contributed by atoms with E-state index in [-0.39, 0.29) is 48.0 Å². The fourth-order valence-electron chi connectivity index (χ4n) is 7.68. The van der Waals surface area contributed by atoms with Crippen LogP contribution in [0.3, 0.4) is 0 Å². The third-order valence-corrected chi connectivity index (χ3v) is 15.0. The molecule has 1 N–H and O–H groups in total. The average molecular weight is 946 g/mol. The number of fused-ring (bicyclic) bond motifs is 4. The van der Waals surface area contributed by atoms with E-state index >= 15 is 0 Å². The minimum Gasteiger partial charge on any atom is -0.478 e. The van der Waals surface area contributed by atoms with E-state index in [1.807, 2.05) is 4.57 Å². The van der Waals surface area contributed by atoms with Crippen molar-refractivity contribution in [2.75, 3.05) is 26.3 Å². The Kier molecular flexibility index (Phi) is 13.0. The van der Waals surface area contributed by atoms with Crippen molar-refractivity contribution in [2.45, 2.75) is 64.8 Å². The van der Waals surface area contributed by atoms with Gasteiger partial charge in [-0.3, -0.25) is 14.2 Å². The van der Waals surface area contributed by atoms with E-state index in [4.69, 9.17) is 20.9 Å². The SMILES string of the molecule is C#CC1CN(C(=O)c2cn(COCC[Si](C)(C)C)c3ncc(-c4nn(C)c5cc(F)ccc45)nc23)C1.Cn1nc(-c2cnc3c(n2)c(C(=O)O)cn3COCC[Si](C)(C)C)c2ccc(F)cc21. The molecule has 0 radical (unpaired) electrons. The smallest absolute Gasteiger partial charge is 0.339 e. The van der Waals surface area contributed by atoms with Crippen molar-refractivity contribution >= 4 is 72.2 Å². The van der Waals surface area contributed by atoms with Crippen LogP contribution in [0.25, 0.3) is 66.9 Å². The van der Waals surface area contributed by atoms with E-state index in [1.165, 1.54) is 30.5 Å². The van der Waals surface area contributed by atoms with Gasteiger partial charge in [-0.25, -0.2) is 33.5 Å². The molecule has 1 saturated heterocycles. The number of nitrogens with zero attached hydrogens (tertiary/aromatic N) is 11. The fourth-order valence-corrected chi connectivity index (χ4v) is 9.20. The van der Waals surface area contributed by atoms with Crippen LogP contribution in [0, 0.1) is 29.9 Å². The molecule has 0 saturated carbocycles. The molecule has 0 aliphatic carbocycles. The minimum atomic E-state index is -1.22. The Morgan fingerprint density at radius 2 is 1.19 bits per heavy atom. The van der Waals surface area contributed by atoms with Crippen LogP contribution in [-0.2, 0) is 37.0 Å². The van der Waals surface area contributed by atoms with Gasteiger partial charge in [-0.1, -0.05) is 45.2 Å². The number of aromatic nitrogens is 10. The first-order valence-corrected chi connectivity index (χ1v) is 29.3. The van der Waals surface area contributed by atoms with Gasteiger partial charge >= 0.3 is 5.97 Å². The van der Waals surface area contributed by atoms with E-state index < -0.39 is 22.1 Å². The number of amides is 1. The molecule has 0 spiro atoms. The molecule has 0 bridgehead atoms. The standard InChI is InChI=1S/C26H29FN6O2Si.C21H24FN5O3Si/c1-6-17-13-32(14-17)26(34)20-15-33(16-35-9-10-36(3,4)5)25-24(20)29-21(12-28-25)23-19-8-7-18(27)11-22(19)31(2)30-23;1-26-17-9-13(22)5-6-14(17)18(25-26)16-10-23-20-19(24-16)15(21(28)29)11-27(20)12-30-7-8-31(2,3)4/h1,7-8,11-12,15,17H,9-10,13-14,16H2,2-5H3;5-6,9-11H,7-8,12H2,1-4H3,(H,28,29). The van der Waals surface area contributed by atoms with Gasteiger partial charge in [0.2, 0.25) is 0 Å². The van der Waals surface area contributed by atoms with Crippen molar-refractivity contribution in [3.8, 4) is 35.1 Å². The molecule has 1 fully saturated rings. The quantitative estimate of drug-likeness (QED) is 0.0632. The summed E-state index contributed by atoms with van der Waals surface area (Å²) in [6, 6.07) is 11.0. The maximum Gasteiger partial charge on any atom is 0.339 e. The highest BCUT2D eigenvalue weighted by Gasteiger charge is 2.32. The van der Waals surface area contributed by atoms with Crippen LogP contribution in [0.5, 0.6) is 0 Å². The number of rotatable bonds is 14. The molecule has 9 rings (SSSR count). The first kappa shape index (κ1) is 46.8. The summed E-state index contributed by atoms with van der Waals surface area (Å²) in [5.74, 6) is 0.858. The zero-order valence-electron chi connectivity index (χ0n) is 38.8. The Balaban J connectivity index is 0.000000184. The molecule has 348 valence electrons. The first-order chi connectivity index (χ1) is 31.8. The third kappa shape index (κ3) is 10.0. The molecule has 0 atom stereocenters. The van der Waals surface area contributed by atoms with Gasteiger partial charge < -0.3 is 28.6 Å². The number of carboxylic acids is 1. The molecule has 8 aromatic rings. The number of hydrogen-bond acceptors (Lipinski definition) is 10. The lowest BCUT2D eigenvalue weighted by Gasteiger charge is -2.36. The summed E-state index contributed by atoms with van der Waals surface area (Å²) in [4.78, 5) is 45.4. The minimum absolute atomic E-state index is 0.0458. The van der Waals surface area contributed by atoms with Crippen LogP contribution < -0.4 is 0 Å². The highest BCUT2D eigenvalue weighted by atomic mass is 28.3. The summed E-state index contributed by atoms with van der Waals surface area (Å²) >= 11 is 0. The van der Waals surface area contributed by atoms with E-state index in [2.05, 4.69) is 70.4 Å². The maximum atomic E-state index is 13.8. The van der Waals surface area contributed by atoms with Crippen LogP contribution in [0.2, 0.25) is 51.4 Å². The maximum absolute atomic E-state index is 13.8. The lowest BCUT2D eigenvalue weighted by molar-refractivity contribution is 0.0579. The molecule has 1 aliphatic rings. The largest absolute Gasteiger partial charge is 0.478 e. The van der Waals surface area contributed by atoms with Crippen molar-refractivity contribution in [3.05, 3.63) is 83.9 Å². The van der Waals surface area contributed by atoms with Gasteiger partial charge in [-0.05, 0) is 48.5 Å². The van der Waals surface area contributed by atoms with Gasteiger partial charge in [-0.15, -0.1) is 6.42 Å². The van der Waals surface area contributed by atoms with Crippen molar-refractivity contribution in [1.29, 1.82) is 0 Å². The van der Waals surface area contributed by atoms with Gasteiger partial charge in [0.15, 0.2) is 11.3 Å². The predicted molar refractivity (Wildman–Crippen MR) is 258 cm³/mol.